The molecular weight excluding hydrogens is 202 g/mol. The highest BCUT2D eigenvalue weighted by Gasteiger charge is 2.13. The molecule has 0 heterocycles. The fourth-order valence-corrected chi connectivity index (χ4v) is 2.96. The van der Waals surface area contributed by atoms with Gasteiger partial charge in [-0.05, 0) is 38.1 Å². The van der Waals surface area contributed by atoms with Crippen LogP contribution in [0, 0.1) is 10.7 Å². The Morgan fingerprint density at radius 1 is 1.31 bits per heavy atom. The first-order chi connectivity index (χ1) is 6.35. The topological polar surface area (TPSA) is 42.2 Å². The molecule has 0 saturated carbocycles. The van der Waals surface area contributed by atoms with Crippen LogP contribution in [0.25, 0.3) is 0 Å². The van der Waals surface area contributed by atoms with Crippen molar-refractivity contribution in [3.63, 3.8) is 0 Å². The summed E-state index contributed by atoms with van der Waals surface area (Å²) in [6.45, 7) is 5.40. The van der Waals surface area contributed by atoms with E-state index in [0.717, 1.165) is 31.4 Å². The molecule has 0 N–H and O–H groups in total. The molecular formula is C8H16NO2SSi. The summed E-state index contributed by atoms with van der Waals surface area (Å²) in [6.07, 6.45) is 1.01. The quantitative estimate of drug-likeness (QED) is 0.356. The predicted molar refractivity (Wildman–Crippen MR) is 56.5 cm³/mol. The van der Waals surface area contributed by atoms with E-state index in [1.165, 1.54) is 11.8 Å². The smallest absolute Gasteiger partial charge is 0.384 e. The zero-order valence-corrected chi connectivity index (χ0v) is 10.0. The van der Waals surface area contributed by atoms with E-state index < -0.39 is 9.28 Å². The van der Waals surface area contributed by atoms with Crippen molar-refractivity contribution in [1.82, 2.24) is 0 Å². The highest BCUT2D eigenvalue weighted by molar-refractivity contribution is 8.03. The van der Waals surface area contributed by atoms with E-state index in [1.54, 1.807) is 0 Å². The molecule has 3 nitrogen and oxygen atoms in total. The summed E-state index contributed by atoms with van der Waals surface area (Å²) in [6, 6.07) is 0.973. The highest BCUT2D eigenvalue weighted by Crippen LogP contribution is 2.07. The molecule has 0 rings (SSSR count). The molecule has 0 aliphatic carbocycles. The summed E-state index contributed by atoms with van der Waals surface area (Å²) in [7, 11) is -1.05. The van der Waals surface area contributed by atoms with Crippen LogP contribution in [-0.2, 0) is 8.85 Å². The van der Waals surface area contributed by atoms with Crippen molar-refractivity contribution in [3.05, 3.63) is 0 Å². The molecule has 0 aliphatic rings. The summed E-state index contributed by atoms with van der Waals surface area (Å²) in [5.74, 6) is 0.880. The van der Waals surface area contributed by atoms with Crippen molar-refractivity contribution in [2.75, 3.05) is 19.0 Å². The monoisotopic (exact) mass is 218 g/mol. The maximum absolute atomic E-state index is 8.30. The summed E-state index contributed by atoms with van der Waals surface area (Å²) >= 11 is 1.30. The number of thiocyanates is 1. The number of hydrogen-bond acceptors (Lipinski definition) is 4. The lowest BCUT2D eigenvalue weighted by Crippen LogP contribution is -2.22. The van der Waals surface area contributed by atoms with Crippen molar-refractivity contribution in [3.8, 4) is 5.40 Å². The third-order valence-electron chi connectivity index (χ3n) is 1.30. The zero-order valence-electron chi connectivity index (χ0n) is 8.21. The molecule has 1 radical (unpaired) electrons. The molecule has 75 valence electrons. The van der Waals surface area contributed by atoms with Gasteiger partial charge in [-0.15, -0.1) is 0 Å². The van der Waals surface area contributed by atoms with Crippen molar-refractivity contribution in [2.24, 2.45) is 0 Å². The van der Waals surface area contributed by atoms with Crippen molar-refractivity contribution < 1.29 is 8.85 Å². The van der Waals surface area contributed by atoms with Gasteiger partial charge >= 0.3 is 9.28 Å². The summed E-state index contributed by atoms with van der Waals surface area (Å²) < 4.78 is 10.9. The summed E-state index contributed by atoms with van der Waals surface area (Å²) in [5, 5.41) is 10.3. The number of nitrogens with zero attached hydrogens (tertiary/aromatic N) is 1. The Morgan fingerprint density at radius 3 is 2.38 bits per heavy atom. The predicted octanol–water partition coefficient (Wildman–Crippen LogP) is 2.15. The molecule has 0 atom stereocenters. The third-order valence-corrected chi connectivity index (χ3v) is 3.91. The van der Waals surface area contributed by atoms with Crippen LogP contribution in [0.4, 0.5) is 0 Å². The second-order valence-corrected chi connectivity index (χ2v) is 4.98. The van der Waals surface area contributed by atoms with Crippen LogP contribution in [-0.4, -0.2) is 28.3 Å². The molecule has 13 heavy (non-hydrogen) atoms. The molecule has 0 saturated heterocycles. The second-order valence-electron chi connectivity index (χ2n) is 2.28. The minimum atomic E-state index is -1.05. The average Bonchev–Trinajstić information content (AvgIpc) is 2.13. The normalized spacial score (nSPS) is 10.3. The Morgan fingerprint density at radius 2 is 1.92 bits per heavy atom. The van der Waals surface area contributed by atoms with Gasteiger partial charge in [-0.3, -0.25) is 0 Å². The lowest BCUT2D eigenvalue weighted by Gasteiger charge is -2.11. The first-order valence-corrected chi connectivity index (χ1v) is 6.98. The van der Waals surface area contributed by atoms with E-state index in [4.69, 9.17) is 14.1 Å². The number of rotatable bonds is 8. The summed E-state index contributed by atoms with van der Waals surface area (Å²) in [4.78, 5) is 0. The van der Waals surface area contributed by atoms with Gasteiger partial charge in [0.25, 0.3) is 0 Å². The Kier molecular flexibility index (Phi) is 10.0. The molecule has 5 heteroatoms. The fraction of sp³-hybridized carbons (Fsp3) is 0.875. The first kappa shape index (κ1) is 13.0. The van der Waals surface area contributed by atoms with Gasteiger partial charge in [0.2, 0.25) is 0 Å². The van der Waals surface area contributed by atoms with Gasteiger partial charge in [-0.25, -0.2) is 0 Å². The van der Waals surface area contributed by atoms with Crippen molar-refractivity contribution in [1.29, 1.82) is 5.26 Å². The van der Waals surface area contributed by atoms with E-state index in [0.29, 0.717) is 0 Å². The molecule has 0 amide bonds. The minimum absolute atomic E-state index is 0.722. The van der Waals surface area contributed by atoms with Crippen LogP contribution >= 0.6 is 11.8 Å². The van der Waals surface area contributed by atoms with Gasteiger partial charge in [0.05, 0.1) is 0 Å². The van der Waals surface area contributed by atoms with Crippen molar-refractivity contribution >= 4 is 21.0 Å². The Hall–Kier alpha value is -0.0231. The Labute approximate surface area is 86.3 Å². The van der Waals surface area contributed by atoms with E-state index in [-0.39, 0.29) is 0 Å². The molecule has 0 unspecified atom stereocenters. The van der Waals surface area contributed by atoms with Crippen LogP contribution in [0.3, 0.4) is 0 Å². The van der Waals surface area contributed by atoms with E-state index in [1.807, 2.05) is 13.8 Å². The molecule has 0 spiro atoms. The van der Waals surface area contributed by atoms with Crippen molar-refractivity contribution in [2.45, 2.75) is 26.3 Å². The maximum Gasteiger partial charge on any atom is 0.384 e. The largest absolute Gasteiger partial charge is 0.394 e. The lowest BCUT2D eigenvalue weighted by atomic mass is 10.6. The van der Waals surface area contributed by atoms with Crippen LogP contribution in [0.5, 0.6) is 0 Å². The molecule has 0 fully saturated rings. The van der Waals surface area contributed by atoms with Crippen LogP contribution < -0.4 is 0 Å². The van der Waals surface area contributed by atoms with Gasteiger partial charge in [0.1, 0.15) is 5.40 Å². The van der Waals surface area contributed by atoms with Crippen LogP contribution in [0.15, 0.2) is 0 Å². The zero-order chi connectivity index (χ0) is 9.94. The van der Waals surface area contributed by atoms with E-state index >= 15 is 0 Å². The standard InChI is InChI=1S/C8H16NO2SSi/c1-3-10-13(11-4-2)7-5-6-12-8-9/h3-7H2,1-2H3. The second kappa shape index (κ2) is 10.1. The first-order valence-electron chi connectivity index (χ1n) is 4.47. The van der Waals surface area contributed by atoms with E-state index in [2.05, 4.69) is 5.40 Å². The van der Waals surface area contributed by atoms with Gasteiger partial charge in [-0.1, -0.05) is 0 Å². The Balaban J connectivity index is 3.39. The summed E-state index contributed by atoms with van der Waals surface area (Å²) in [5.41, 5.74) is 0. The fourth-order valence-electron chi connectivity index (χ4n) is 0.842. The van der Waals surface area contributed by atoms with Gasteiger partial charge in [-0.2, -0.15) is 5.26 Å². The van der Waals surface area contributed by atoms with Crippen LogP contribution in [0.2, 0.25) is 6.04 Å². The van der Waals surface area contributed by atoms with Gasteiger partial charge in [0.15, 0.2) is 0 Å². The average molecular weight is 218 g/mol. The van der Waals surface area contributed by atoms with E-state index in [9.17, 15) is 0 Å². The lowest BCUT2D eigenvalue weighted by molar-refractivity contribution is 0.213. The number of hydrogen-bond donors (Lipinski definition) is 0. The third kappa shape index (κ3) is 8.31. The number of thioether (sulfide) groups is 1. The molecule has 0 bridgehead atoms. The molecule has 0 aromatic heterocycles. The number of nitriles is 1. The molecule has 0 aromatic rings. The Bertz CT molecular complexity index is 146. The molecule has 0 aromatic carbocycles. The highest BCUT2D eigenvalue weighted by atomic mass is 32.2. The maximum atomic E-state index is 8.30. The van der Waals surface area contributed by atoms with Crippen LogP contribution in [0.1, 0.15) is 20.3 Å². The SMILES string of the molecule is CCO[Si](CCCSC#N)OCC. The van der Waals surface area contributed by atoms with Gasteiger partial charge in [0, 0.05) is 19.0 Å². The van der Waals surface area contributed by atoms with Gasteiger partial charge < -0.3 is 8.85 Å². The minimum Gasteiger partial charge on any atom is -0.394 e. The molecule has 0 aliphatic heterocycles.